The van der Waals surface area contributed by atoms with E-state index in [2.05, 4.69) is 55.4 Å². The number of fused-ring (bicyclic) bond motifs is 2. The normalized spacial score (nSPS) is 14.6. The van der Waals surface area contributed by atoms with Gasteiger partial charge < -0.3 is 9.64 Å². The Labute approximate surface area is 149 Å². The van der Waals surface area contributed by atoms with Crippen molar-refractivity contribution in [1.82, 2.24) is 4.90 Å². The molecule has 0 atom stereocenters. The lowest BCUT2D eigenvalue weighted by molar-refractivity contribution is -0.116. The van der Waals surface area contributed by atoms with Crippen molar-refractivity contribution in [2.75, 3.05) is 20.6 Å². The van der Waals surface area contributed by atoms with Gasteiger partial charge in [0.2, 0.25) is 0 Å². The van der Waals surface area contributed by atoms with E-state index in [4.69, 9.17) is 4.74 Å². The van der Waals surface area contributed by atoms with E-state index >= 15 is 0 Å². The standard InChI is InChI=1S/C22H25NO2/c1-16(24)13-17-10-11-22-21(14-17)20(9-6-12-23(2)3)19-8-5-4-7-18(19)15-25-22/h4-5,7-11,14H,6,12-13,15H2,1-3H3. The average Bonchev–Trinajstić information content (AvgIpc) is 2.72. The molecule has 0 spiro atoms. The van der Waals surface area contributed by atoms with Gasteiger partial charge in [-0.15, -0.1) is 0 Å². The summed E-state index contributed by atoms with van der Waals surface area (Å²) in [6.45, 7) is 3.19. The molecule has 0 bridgehead atoms. The van der Waals surface area contributed by atoms with Gasteiger partial charge >= 0.3 is 0 Å². The molecule has 0 saturated heterocycles. The highest BCUT2D eigenvalue weighted by Gasteiger charge is 2.19. The van der Waals surface area contributed by atoms with Crippen molar-refractivity contribution in [3.8, 4) is 5.75 Å². The molecule has 0 fully saturated rings. The summed E-state index contributed by atoms with van der Waals surface area (Å²) in [5, 5.41) is 0. The fraction of sp³-hybridized carbons (Fsp3) is 0.318. The SMILES string of the molecule is CC(=O)Cc1ccc2c(c1)C(=CCCN(C)C)c1ccccc1CO2. The first-order valence-electron chi connectivity index (χ1n) is 8.73. The summed E-state index contributed by atoms with van der Waals surface area (Å²) in [5.74, 6) is 1.06. The van der Waals surface area contributed by atoms with Gasteiger partial charge in [-0.1, -0.05) is 36.4 Å². The third-order valence-corrected chi connectivity index (χ3v) is 4.40. The van der Waals surface area contributed by atoms with Gasteiger partial charge in [0, 0.05) is 18.5 Å². The lowest BCUT2D eigenvalue weighted by atomic mass is 9.92. The molecule has 25 heavy (non-hydrogen) atoms. The summed E-state index contributed by atoms with van der Waals surface area (Å²) in [6, 6.07) is 14.5. The second-order valence-corrected chi connectivity index (χ2v) is 6.86. The second kappa shape index (κ2) is 7.66. The van der Waals surface area contributed by atoms with Crippen LogP contribution in [0.5, 0.6) is 5.75 Å². The zero-order chi connectivity index (χ0) is 17.8. The number of carbonyl (C=O) groups excluding carboxylic acids is 1. The first-order chi connectivity index (χ1) is 12.0. The topological polar surface area (TPSA) is 29.5 Å². The van der Waals surface area contributed by atoms with Crippen molar-refractivity contribution in [2.24, 2.45) is 0 Å². The number of benzene rings is 2. The van der Waals surface area contributed by atoms with Crippen LogP contribution in [0.15, 0.2) is 48.5 Å². The van der Waals surface area contributed by atoms with Gasteiger partial charge in [0.05, 0.1) is 0 Å². The molecule has 0 aliphatic carbocycles. The highest BCUT2D eigenvalue weighted by atomic mass is 16.5. The van der Waals surface area contributed by atoms with E-state index in [1.54, 1.807) is 6.92 Å². The molecule has 1 aliphatic heterocycles. The molecule has 0 unspecified atom stereocenters. The summed E-state index contributed by atoms with van der Waals surface area (Å²) in [4.78, 5) is 13.7. The molecule has 0 N–H and O–H groups in total. The van der Waals surface area contributed by atoms with Crippen LogP contribution in [0.1, 0.15) is 35.6 Å². The molecule has 0 aromatic heterocycles. The summed E-state index contributed by atoms with van der Waals surface area (Å²) < 4.78 is 6.06. The van der Waals surface area contributed by atoms with Crippen LogP contribution in [0.3, 0.4) is 0 Å². The molecular weight excluding hydrogens is 310 g/mol. The number of Topliss-reactive ketones (excluding diaryl/α,β-unsaturated/α-hetero) is 1. The van der Waals surface area contributed by atoms with Gasteiger partial charge in [0.15, 0.2) is 0 Å². The van der Waals surface area contributed by atoms with Gasteiger partial charge in [0.25, 0.3) is 0 Å². The molecule has 0 radical (unpaired) electrons. The largest absolute Gasteiger partial charge is 0.488 e. The monoisotopic (exact) mass is 335 g/mol. The molecule has 1 aliphatic rings. The van der Waals surface area contributed by atoms with Crippen LogP contribution in [0, 0.1) is 0 Å². The maximum Gasteiger partial charge on any atom is 0.134 e. The van der Waals surface area contributed by atoms with E-state index in [1.165, 1.54) is 16.7 Å². The molecule has 3 nitrogen and oxygen atoms in total. The Kier molecular flexibility index (Phi) is 5.34. The van der Waals surface area contributed by atoms with Crippen LogP contribution in [-0.2, 0) is 17.8 Å². The zero-order valence-corrected chi connectivity index (χ0v) is 15.2. The van der Waals surface area contributed by atoms with Gasteiger partial charge in [-0.2, -0.15) is 0 Å². The summed E-state index contributed by atoms with van der Waals surface area (Å²) in [5.41, 5.74) is 5.74. The lowest BCUT2D eigenvalue weighted by Crippen LogP contribution is -2.12. The predicted molar refractivity (Wildman–Crippen MR) is 102 cm³/mol. The number of hydrogen-bond donors (Lipinski definition) is 0. The van der Waals surface area contributed by atoms with E-state index in [0.717, 1.165) is 29.8 Å². The molecule has 0 amide bonds. The highest BCUT2D eigenvalue weighted by Crippen LogP contribution is 2.37. The number of hydrogen-bond acceptors (Lipinski definition) is 3. The fourth-order valence-corrected chi connectivity index (χ4v) is 3.21. The summed E-state index contributed by atoms with van der Waals surface area (Å²) in [6.07, 6.45) is 3.72. The van der Waals surface area contributed by atoms with E-state index < -0.39 is 0 Å². The molecule has 0 saturated carbocycles. The minimum Gasteiger partial charge on any atom is -0.488 e. The Balaban J connectivity index is 2.08. The van der Waals surface area contributed by atoms with Gasteiger partial charge in [-0.05, 0) is 61.8 Å². The molecule has 2 aromatic rings. The molecular formula is C22H25NO2. The Morgan fingerprint density at radius 3 is 2.72 bits per heavy atom. The van der Waals surface area contributed by atoms with Gasteiger partial charge in [-0.3, -0.25) is 4.79 Å². The Morgan fingerprint density at radius 1 is 1.16 bits per heavy atom. The second-order valence-electron chi connectivity index (χ2n) is 6.86. The predicted octanol–water partition coefficient (Wildman–Crippen LogP) is 4.09. The smallest absolute Gasteiger partial charge is 0.134 e. The maximum atomic E-state index is 11.5. The number of rotatable bonds is 5. The van der Waals surface area contributed by atoms with E-state index in [-0.39, 0.29) is 5.78 Å². The average molecular weight is 335 g/mol. The van der Waals surface area contributed by atoms with Gasteiger partial charge in [-0.25, -0.2) is 0 Å². The third kappa shape index (κ3) is 4.18. The van der Waals surface area contributed by atoms with E-state index in [1.807, 2.05) is 12.1 Å². The number of carbonyl (C=O) groups is 1. The van der Waals surface area contributed by atoms with Gasteiger partial charge in [0.1, 0.15) is 18.1 Å². The van der Waals surface area contributed by atoms with Crippen molar-refractivity contribution in [2.45, 2.75) is 26.4 Å². The molecule has 2 aromatic carbocycles. The van der Waals surface area contributed by atoms with Crippen molar-refractivity contribution in [1.29, 1.82) is 0 Å². The van der Waals surface area contributed by atoms with Crippen LogP contribution < -0.4 is 4.74 Å². The molecule has 1 heterocycles. The summed E-state index contributed by atoms with van der Waals surface area (Å²) >= 11 is 0. The molecule has 130 valence electrons. The highest BCUT2D eigenvalue weighted by molar-refractivity contribution is 5.86. The minimum absolute atomic E-state index is 0.174. The van der Waals surface area contributed by atoms with E-state index in [9.17, 15) is 4.79 Å². The zero-order valence-electron chi connectivity index (χ0n) is 15.2. The first-order valence-corrected chi connectivity index (χ1v) is 8.73. The van der Waals surface area contributed by atoms with Crippen molar-refractivity contribution >= 4 is 11.4 Å². The summed E-state index contributed by atoms with van der Waals surface area (Å²) in [7, 11) is 4.17. The van der Waals surface area contributed by atoms with Crippen molar-refractivity contribution < 1.29 is 9.53 Å². The Morgan fingerprint density at radius 2 is 1.96 bits per heavy atom. The number of ether oxygens (including phenoxy) is 1. The van der Waals surface area contributed by atoms with Crippen LogP contribution in [0.4, 0.5) is 0 Å². The molecule has 3 heteroatoms. The maximum absolute atomic E-state index is 11.5. The first kappa shape index (κ1) is 17.4. The van der Waals surface area contributed by atoms with Crippen molar-refractivity contribution in [3.05, 3.63) is 70.8 Å². The van der Waals surface area contributed by atoms with Crippen LogP contribution >= 0.6 is 0 Å². The lowest BCUT2D eigenvalue weighted by Gasteiger charge is -2.13. The quantitative estimate of drug-likeness (QED) is 0.824. The fourth-order valence-electron chi connectivity index (χ4n) is 3.21. The number of nitrogens with zero attached hydrogens (tertiary/aromatic N) is 1. The van der Waals surface area contributed by atoms with Crippen LogP contribution in [0.2, 0.25) is 0 Å². The van der Waals surface area contributed by atoms with Crippen LogP contribution in [-0.4, -0.2) is 31.3 Å². The third-order valence-electron chi connectivity index (χ3n) is 4.40. The number of ketones is 1. The van der Waals surface area contributed by atoms with Crippen LogP contribution in [0.25, 0.3) is 5.57 Å². The Hall–Kier alpha value is -2.39. The Bertz CT molecular complexity index is 805. The molecule has 3 rings (SSSR count). The van der Waals surface area contributed by atoms with Crippen molar-refractivity contribution in [3.63, 3.8) is 0 Å². The van der Waals surface area contributed by atoms with E-state index in [0.29, 0.717) is 13.0 Å². The minimum atomic E-state index is 0.174.